The van der Waals surface area contributed by atoms with Crippen molar-refractivity contribution in [3.8, 4) is 22.6 Å². The molecule has 0 bridgehead atoms. The van der Waals surface area contributed by atoms with Crippen LogP contribution in [0.1, 0.15) is 5.56 Å². The number of benzene rings is 2. The summed E-state index contributed by atoms with van der Waals surface area (Å²) in [4.78, 5) is 8.81. The lowest BCUT2D eigenvalue weighted by Crippen LogP contribution is -2.05. The molecule has 0 atom stereocenters. The highest BCUT2D eigenvalue weighted by Crippen LogP contribution is 2.32. The molecule has 0 unspecified atom stereocenters. The number of hydrogen-bond acceptors (Lipinski definition) is 3. The third-order valence-electron chi connectivity index (χ3n) is 3.43. The van der Waals surface area contributed by atoms with Crippen LogP contribution in [0.5, 0.6) is 0 Å². The summed E-state index contributed by atoms with van der Waals surface area (Å²) in [6.45, 7) is 0. The SMILES string of the molecule is CSc1cc(-c2ccccc2)nc(-c2cccc(C(F)(F)F)c2)n1. The second kappa shape index (κ2) is 6.65. The summed E-state index contributed by atoms with van der Waals surface area (Å²) >= 11 is 1.42. The number of rotatable bonds is 3. The molecule has 0 aliphatic heterocycles. The lowest BCUT2D eigenvalue weighted by molar-refractivity contribution is -0.137. The smallest absolute Gasteiger partial charge is 0.228 e. The Hall–Kier alpha value is -2.34. The summed E-state index contributed by atoms with van der Waals surface area (Å²) in [5.74, 6) is 0.284. The van der Waals surface area contributed by atoms with E-state index in [0.29, 0.717) is 16.3 Å². The van der Waals surface area contributed by atoms with Crippen molar-refractivity contribution < 1.29 is 13.2 Å². The van der Waals surface area contributed by atoms with Crippen LogP contribution in [0, 0.1) is 0 Å². The molecule has 0 N–H and O–H groups in total. The largest absolute Gasteiger partial charge is 0.416 e. The monoisotopic (exact) mass is 346 g/mol. The third kappa shape index (κ3) is 3.59. The van der Waals surface area contributed by atoms with Crippen LogP contribution < -0.4 is 0 Å². The Morgan fingerprint density at radius 3 is 2.21 bits per heavy atom. The third-order valence-corrected chi connectivity index (χ3v) is 4.06. The van der Waals surface area contributed by atoms with E-state index in [1.54, 1.807) is 6.07 Å². The van der Waals surface area contributed by atoms with Crippen LogP contribution in [-0.2, 0) is 6.18 Å². The van der Waals surface area contributed by atoms with Gasteiger partial charge in [0.15, 0.2) is 5.82 Å². The van der Waals surface area contributed by atoms with Crippen molar-refractivity contribution >= 4 is 11.8 Å². The van der Waals surface area contributed by atoms with Crippen molar-refractivity contribution in [2.45, 2.75) is 11.2 Å². The first-order valence-corrected chi connectivity index (χ1v) is 8.36. The second-order valence-corrected chi connectivity index (χ2v) is 5.89. The molecule has 0 aliphatic carbocycles. The highest BCUT2D eigenvalue weighted by Gasteiger charge is 2.30. The van der Waals surface area contributed by atoms with Gasteiger partial charge in [-0.05, 0) is 24.5 Å². The standard InChI is InChI=1S/C18H13F3N2S/c1-24-16-11-15(12-6-3-2-4-7-12)22-17(23-16)13-8-5-9-14(10-13)18(19,20)21/h2-11H,1H3. The van der Waals surface area contributed by atoms with E-state index >= 15 is 0 Å². The predicted octanol–water partition coefficient (Wildman–Crippen LogP) is 5.55. The second-order valence-electron chi connectivity index (χ2n) is 5.06. The average molecular weight is 346 g/mol. The van der Waals surface area contributed by atoms with Crippen molar-refractivity contribution in [2.24, 2.45) is 0 Å². The zero-order valence-corrected chi connectivity index (χ0v) is 13.5. The minimum Gasteiger partial charge on any atom is -0.228 e. The van der Waals surface area contributed by atoms with Gasteiger partial charge in [0.1, 0.15) is 5.03 Å². The summed E-state index contributed by atoms with van der Waals surface area (Å²) in [7, 11) is 0. The minimum absolute atomic E-state index is 0.284. The van der Waals surface area contributed by atoms with Crippen LogP contribution >= 0.6 is 11.8 Å². The molecule has 1 heterocycles. The van der Waals surface area contributed by atoms with Crippen molar-refractivity contribution in [3.05, 3.63) is 66.2 Å². The van der Waals surface area contributed by atoms with E-state index in [1.165, 1.54) is 17.8 Å². The van der Waals surface area contributed by atoms with Gasteiger partial charge in [0, 0.05) is 11.1 Å². The number of hydrogen-bond donors (Lipinski definition) is 0. The Labute approximate surface area is 141 Å². The first kappa shape index (κ1) is 16.5. The van der Waals surface area contributed by atoms with Crippen LogP contribution in [0.2, 0.25) is 0 Å². The quantitative estimate of drug-likeness (QED) is 0.459. The van der Waals surface area contributed by atoms with Crippen LogP contribution in [0.4, 0.5) is 13.2 Å². The molecule has 24 heavy (non-hydrogen) atoms. The van der Waals surface area contributed by atoms with E-state index in [0.717, 1.165) is 17.7 Å². The van der Waals surface area contributed by atoms with E-state index in [9.17, 15) is 13.2 Å². The molecular formula is C18H13F3N2S. The normalized spacial score (nSPS) is 11.5. The Bertz CT molecular complexity index is 848. The zero-order valence-electron chi connectivity index (χ0n) is 12.7. The summed E-state index contributed by atoms with van der Waals surface area (Å²) in [6, 6.07) is 16.4. The molecule has 0 saturated carbocycles. The van der Waals surface area contributed by atoms with E-state index in [-0.39, 0.29) is 5.82 Å². The van der Waals surface area contributed by atoms with Crippen molar-refractivity contribution in [3.63, 3.8) is 0 Å². The maximum Gasteiger partial charge on any atom is 0.416 e. The van der Waals surface area contributed by atoms with Crippen molar-refractivity contribution in [1.82, 2.24) is 9.97 Å². The van der Waals surface area contributed by atoms with Gasteiger partial charge in [-0.2, -0.15) is 13.2 Å². The topological polar surface area (TPSA) is 25.8 Å². The molecule has 0 amide bonds. The maximum absolute atomic E-state index is 12.9. The lowest BCUT2D eigenvalue weighted by atomic mass is 10.1. The molecule has 3 rings (SSSR count). The van der Waals surface area contributed by atoms with Crippen LogP contribution in [0.15, 0.2) is 65.7 Å². The summed E-state index contributed by atoms with van der Waals surface area (Å²) < 4.78 is 38.8. The van der Waals surface area contributed by atoms with E-state index in [2.05, 4.69) is 9.97 Å². The number of alkyl halides is 3. The Morgan fingerprint density at radius 2 is 1.54 bits per heavy atom. The fraction of sp³-hybridized carbons (Fsp3) is 0.111. The molecular weight excluding hydrogens is 333 g/mol. The zero-order chi connectivity index (χ0) is 17.2. The van der Waals surface area contributed by atoms with Crippen molar-refractivity contribution in [2.75, 3.05) is 6.26 Å². The van der Waals surface area contributed by atoms with Gasteiger partial charge in [0.25, 0.3) is 0 Å². The van der Waals surface area contributed by atoms with Gasteiger partial charge < -0.3 is 0 Å². The van der Waals surface area contributed by atoms with Gasteiger partial charge in [-0.15, -0.1) is 11.8 Å². The molecule has 122 valence electrons. The van der Waals surface area contributed by atoms with Crippen LogP contribution in [0.25, 0.3) is 22.6 Å². The van der Waals surface area contributed by atoms with E-state index in [4.69, 9.17) is 0 Å². The van der Waals surface area contributed by atoms with Gasteiger partial charge >= 0.3 is 6.18 Å². The van der Waals surface area contributed by atoms with Gasteiger partial charge in [0.2, 0.25) is 0 Å². The van der Waals surface area contributed by atoms with E-state index in [1.807, 2.05) is 42.7 Å². The van der Waals surface area contributed by atoms with Crippen molar-refractivity contribution in [1.29, 1.82) is 0 Å². The van der Waals surface area contributed by atoms with Crippen LogP contribution in [-0.4, -0.2) is 16.2 Å². The Kier molecular flexibility index (Phi) is 4.57. The number of halogens is 3. The highest BCUT2D eigenvalue weighted by atomic mass is 32.2. The number of aromatic nitrogens is 2. The first-order valence-electron chi connectivity index (χ1n) is 7.13. The molecule has 0 fully saturated rings. The fourth-order valence-corrected chi connectivity index (χ4v) is 2.66. The molecule has 2 nitrogen and oxygen atoms in total. The molecule has 6 heteroatoms. The van der Waals surface area contributed by atoms with Gasteiger partial charge in [-0.1, -0.05) is 42.5 Å². The molecule has 3 aromatic rings. The van der Waals surface area contributed by atoms with Gasteiger partial charge in [-0.3, -0.25) is 0 Å². The summed E-state index contributed by atoms with van der Waals surface area (Å²) in [6.07, 6.45) is -2.53. The number of thioether (sulfide) groups is 1. The molecule has 1 aromatic heterocycles. The first-order chi connectivity index (χ1) is 11.5. The molecule has 0 spiro atoms. The lowest BCUT2D eigenvalue weighted by Gasteiger charge is -2.10. The highest BCUT2D eigenvalue weighted by molar-refractivity contribution is 7.98. The Morgan fingerprint density at radius 1 is 0.833 bits per heavy atom. The summed E-state index contributed by atoms with van der Waals surface area (Å²) in [5.41, 5.74) is 1.21. The minimum atomic E-state index is -4.39. The molecule has 2 aromatic carbocycles. The molecule has 0 saturated heterocycles. The summed E-state index contributed by atoms with van der Waals surface area (Å²) in [5, 5.41) is 0.705. The van der Waals surface area contributed by atoms with E-state index < -0.39 is 11.7 Å². The fourth-order valence-electron chi connectivity index (χ4n) is 2.25. The predicted molar refractivity (Wildman–Crippen MR) is 89.7 cm³/mol. The average Bonchev–Trinajstić information content (AvgIpc) is 2.61. The molecule has 0 aliphatic rings. The van der Waals surface area contributed by atoms with Crippen LogP contribution in [0.3, 0.4) is 0 Å². The van der Waals surface area contributed by atoms with Gasteiger partial charge in [-0.25, -0.2) is 9.97 Å². The Balaban J connectivity index is 2.12. The number of nitrogens with zero attached hydrogens (tertiary/aromatic N) is 2. The maximum atomic E-state index is 12.9. The van der Waals surface area contributed by atoms with Gasteiger partial charge in [0.05, 0.1) is 11.3 Å². The molecule has 0 radical (unpaired) electrons.